The molecule has 1 aliphatic rings. The fourth-order valence-corrected chi connectivity index (χ4v) is 3.26. The molecule has 0 aliphatic heterocycles. The summed E-state index contributed by atoms with van der Waals surface area (Å²) in [4.78, 5) is 15.0. The van der Waals surface area contributed by atoms with E-state index in [2.05, 4.69) is 31.0 Å². The molecule has 6 nitrogen and oxygen atoms in total. The third kappa shape index (κ3) is 4.13. The third-order valence-electron chi connectivity index (χ3n) is 2.43. The van der Waals surface area contributed by atoms with Gasteiger partial charge in [0.25, 0.3) is 0 Å². The van der Waals surface area contributed by atoms with Gasteiger partial charge in [-0.2, -0.15) is 0 Å². The molecule has 1 aromatic heterocycles. The van der Waals surface area contributed by atoms with E-state index in [4.69, 9.17) is 11.6 Å². The van der Waals surface area contributed by atoms with Gasteiger partial charge in [-0.05, 0) is 34.8 Å². The standard InChI is InChI=1S/C10H11BrClN3O3S/c11-6-3-8(10(12)13-4-6)19(17,18)14-5-9(16)15-7-1-2-7/h3-4,7,14H,1-2,5H2,(H,15,16). The van der Waals surface area contributed by atoms with Crippen molar-refractivity contribution in [3.8, 4) is 0 Å². The second kappa shape index (κ2) is 5.74. The predicted octanol–water partition coefficient (Wildman–Crippen LogP) is 1.05. The van der Waals surface area contributed by atoms with Gasteiger partial charge in [0.05, 0.1) is 6.54 Å². The van der Waals surface area contributed by atoms with Crippen molar-refractivity contribution in [2.75, 3.05) is 6.54 Å². The molecule has 19 heavy (non-hydrogen) atoms. The average molecular weight is 369 g/mol. The molecule has 1 saturated carbocycles. The van der Waals surface area contributed by atoms with E-state index < -0.39 is 10.0 Å². The Bertz CT molecular complexity index is 604. The van der Waals surface area contributed by atoms with Crippen LogP contribution in [0.4, 0.5) is 0 Å². The molecule has 0 atom stereocenters. The molecular formula is C10H11BrClN3O3S. The zero-order valence-electron chi connectivity index (χ0n) is 9.69. The van der Waals surface area contributed by atoms with Crippen LogP contribution in [0.5, 0.6) is 0 Å². The zero-order valence-corrected chi connectivity index (χ0v) is 12.8. The minimum Gasteiger partial charge on any atom is -0.352 e. The summed E-state index contributed by atoms with van der Waals surface area (Å²) in [7, 11) is -3.86. The average Bonchev–Trinajstić information content (AvgIpc) is 3.14. The second-order valence-electron chi connectivity index (χ2n) is 4.11. The molecule has 1 amide bonds. The van der Waals surface area contributed by atoms with Crippen molar-refractivity contribution in [2.45, 2.75) is 23.8 Å². The molecule has 104 valence electrons. The lowest BCUT2D eigenvalue weighted by molar-refractivity contribution is -0.120. The number of pyridine rings is 1. The summed E-state index contributed by atoms with van der Waals surface area (Å²) in [5.74, 6) is -0.356. The first-order valence-electron chi connectivity index (χ1n) is 5.48. The normalized spacial score (nSPS) is 15.3. The SMILES string of the molecule is O=C(CNS(=O)(=O)c1cc(Br)cnc1Cl)NC1CC1. The molecule has 0 aromatic carbocycles. The molecule has 1 fully saturated rings. The van der Waals surface area contributed by atoms with Crippen LogP contribution in [0.25, 0.3) is 0 Å². The van der Waals surface area contributed by atoms with Gasteiger partial charge in [-0.3, -0.25) is 4.79 Å². The smallest absolute Gasteiger partial charge is 0.244 e. The van der Waals surface area contributed by atoms with Crippen LogP contribution < -0.4 is 10.0 Å². The van der Waals surface area contributed by atoms with Crippen LogP contribution in [0, 0.1) is 0 Å². The number of carbonyl (C=O) groups excluding carboxylic acids is 1. The second-order valence-corrected chi connectivity index (χ2v) is 7.12. The lowest BCUT2D eigenvalue weighted by atomic mass is 10.5. The summed E-state index contributed by atoms with van der Waals surface area (Å²) in [6.07, 6.45) is 3.28. The molecule has 2 rings (SSSR count). The summed E-state index contributed by atoms with van der Waals surface area (Å²) in [5.41, 5.74) is 0. The maximum Gasteiger partial charge on any atom is 0.244 e. The van der Waals surface area contributed by atoms with Crippen molar-refractivity contribution in [2.24, 2.45) is 0 Å². The highest BCUT2D eigenvalue weighted by Gasteiger charge is 2.25. The fraction of sp³-hybridized carbons (Fsp3) is 0.400. The molecule has 9 heteroatoms. The number of nitrogens with one attached hydrogen (secondary N) is 2. The number of sulfonamides is 1. The molecule has 0 saturated heterocycles. The molecule has 1 aromatic rings. The van der Waals surface area contributed by atoms with Gasteiger partial charge in [-0.15, -0.1) is 0 Å². The lowest BCUT2D eigenvalue weighted by Crippen LogP contribution is -2.37. The van der Waals surface area contributed by atoms with Crippen LogP contribution in [0.1, 0.15) is 12.8 Å². The van der Waals surface area contributed by atoms with Gasteiger partial charge in [-0.1, -0.05) is 11.6 Å². The van der Waals surface area contributed by atoms with Crippen LogP contribution in [0.3, 0.4) is 0 Å². The number of rotatable bonds is 5. The zero-order chi connectivity index (χ0) is 14.0. The quantitative estimate of drug-likeness (QED) is 0.761. The van der Waals surface area contributed by atoms with Crippen molar-refractivity contribution in [1.82, 2.24) is 15.0 Å². The van der Waals surface area contributed by atoms with E-state index in [1.807, 2.05) is 0 Å². The van der Waals surface area contributed by atoms with Gasteiger partial charge in [-0.25, -0.2) is 18.1 Å². The summed E-state index contributed by atoms with van der Waals surface area (Å²) in [5, 5.41) is 2.54. The van der Waals surface area contributed by atoms with E-state index in [1.54, 1.807) is 0 Å². The van der Waals surface area contributed by atoms with E-state index >= 15 is 0 Å². The molecule has 0 unspecified atom stereocenters. The van der Waals surface area contributed by atoms with Gasteiger partial charge in [0.2, 0.25) is 15.9 Å². The molecule has 1 aliphatic carbocycles. The van der Waals surface area contributed by atoms with Crippen molar-refractivity contribution in [3.05, 3.63) is 21.9 Å². The van der Waals surface area contributed by atoms with Crippen molar-refractivity contribution >= 4 is 43.5 Å². The van der Waals surface area contributed by atoms with E-state index in [0.29, 0.717) is 4.47 Å². The van der Waals surface area contributed by atoms with Gasteiger partial charge < -0.3 is 5.32 Å². The number of hydrogen-bond acceptors (Lipinski definition) is 4. The summed E-state index contributed by atoms with van der Waals surface area (Å²) < 4.78 is 26.6. The Labute approximate surface area is 124 Å². The Balaban J connectivity index is 2.04. The Kier molecular flexibility index (Phi) is 4.44. The van der Waals surface area contributed by atoms with E-state index in [-0.39, 0.29) is 28.5 Å². The highest BCUT2D eigenvalue weighted by atomic mass is 79.9. The number of amides is 1. The van der Waals surface area contributed by atoms with Crippen LogP contribution in [-0.4, -0.2) is 31.9 Å². The number of halogens is 2. The fourth-order valence-electron chi connectivity index (χ4n) is 1.34. The third-order valence-corrected chi connectivity index (χ3v) is 4.69. The van der Waals surface area contributed by atoms with Gasteiger partial charge >= 0.3 is 0 Å². The molecule has 0 bridgehead atoms. The highest BCUT2D eigenvalue weighted by Crippen LogP contribution is 2.22. The van der Waals surface area contributed by atoms with Gasteiger partial charge in [0.15, 0.2) is 0 Å². The minimum absolute atomic E-state index is 0.140. The minimum atomic E-state index is -3.86. The summed E-state index contributed by atoms with van der Waals surface area (Å²) in [6, 6.07) is 1.52. The van der Waals surface area contributed by atoms with Crippen LogP contribution >= 0.6 is 27.5 Å². The maximum absolute atomic E-state index is 12.0. The van der Waals surface area contributed by atoms with Crippen molar-refractivity contribution in [1.29, 1.82) is 0 Å². The molecule has 2 N–H and O–H groups in total. The molecule has 0 radical (unpaired) electrons. The number of carbonyl (C=O) groups is 1. The highest BCUT2D eigenvalue weighted by molar-refractivity contribution is 9.10. The number of aromatic nitrogens is 1. The molecular weight excluding hydrogens is 358 g/mol. The van der Waals surface area contributed by atoms with Crippen LogP contribution in [-0.2, 0) is 14.8 Å². The van der Waals surface area contributed by atoms with Crippen molar-refractivity contribution < 1.29 is 13.2 Å². The summed E-state index contributed by atoms with van der Waals surface area (Å²) in [6.45, 7) is -0.318. The Morgan fingerprint density at radius 3 is 2.84 bits per heavy atom. The first kappa shape index (κ1) is 14.7. The topological polar surface area (TPSA) is 88.2 Å². The van der Waals surface area contributed by atoms with Gasteiger partial charge in [0.1, 0.15) is 10.0 Å². The predicted molar refractivity (Wildman–Crippen MR) is 73.3 cm³/mol. The van der Waals surface area contributed by atoms with E-state index in [9.17, 15) is 13.2 Å². The largest absolute Gasteiger partial charge is 0.352 e. The Morgan fingerprint density at radius 1 is 1.53 bits per heavy atom. The number of nitrogens with zero attached hydrogens (tertiary/aromatic N) is 1. The van der Waals surface area contributed by atoms with Crippen LogP contribution in [0.15, 0.2) is 21.6 Å². The first-order chi connectivity index (χ1) is 8.88. The summed E-state index contributed by atoms with van der Waals surface area (Å²) >= 11 is 8.86. The molecule has 0 spiro atoms. The Morgan fingerprint density at radius 2 is 2.21 bits per heavy atom. The maximum atomic E-state index is 12.0. The lowest BCUT2D eigenvalue weighted by Gasteiger charge is -2.08. The van der Waals surface area contributed by atoms with Crippen molar-refractivity contribution in [3.63, 3.8) is 0 Å². The monoisotopic (exact) mass is 367 g/mol. The first-order valence-corrected chi connectivity index (χ1v) is 8.14. The van der Waals surface area contributed by atoms with E-state index in [1.165, 1.54) is 12.3 Å². The Hall–Kier alpha value is -0.700. The number of hydrogen-bond donors (Lipinski definition) is 2. The van der Waals surface area contributed by atoms with E-state index in [0.717, 1.165) is 12.8 Å². The van der Waals surface area contributed by atoms with Gasteiger partial charge in [0, 0.05) is 16.7 Å². The molecule has 1 heterocycles. The van der Waals surface area contributed by atoms with Crippen LogP contribution in [0.2, 0.25) is 5.15 Å².